The van der Waals surface area contributed by atoms with Crippen molar-refractivity contribution in [3.8, 4) is 40.3 Å². The summed E-state index contributed by atoms with van der Waals surface area (Å²) in [5, 5.41) is 27.3. The molecule has 5 heterocycles. The lowest BCUT2D eigenvalue weighted by Gasteiger charge is -2.24. The first-order valence-corrected chi connectivity index (χ1v) is 16.6. The number of dihydropyridines is 1. The van der Waals surface area contributed by atoms with Crippen molar-refractivity contribution in [3.05, 3.63) is 174 Å². The van der Waals surface area contributed by atoms with Gasteiger partial charge in [-0.1, -0.05) is 72.8 Å². The van der Waals surface area contributed by atoms with Crippen molar-refractivity contribution in [2.45, 2.75) is 6.04 Å². The van der Waals surface area contributed by atoms with Crippen molar-refractivity contribution in [3.63, 3.8) is 0 Å². The first kappa shape index (κ1) is 29.8. The molecule has 7 nitrogen and oxygen atoms in total. The minimum Gasteiger partial charge on any atom is -0.374 e. The van der Waals surface area contributed by atoms with Gasteiger partial charge in [-0.15, -0.1) is 0 Å². The summed E-state index contributed by atoms with van der Waals surface area (Å²) in [7, 11) is 0. The largest absolute Gasteiger partial charge is 0.374 e. The number of nitrogens with zero attached hydrogens (tertiary/aromatic N) is 6. The fourth-order valence-corrected chi connectivity index (χ4v) is 7.13. The molecule has 51 heavy (non-hydrogen) atoms. The van der Waals surface area contributed by atoms with E-state index in [2.05, 4.69) is 117 Å². The van der Waals surface area contributed by atoms with E-state index in [1.54, 1.807) is 18.5 Å². The van der Waals surface area contributed by atoms with Gasteiger partial charge in [-0.05, 0) is 83.1 Å². The van der Waals surface area contributed by atoms with Gasteiger partial charge in [-0.2, -0.15) is 10.5 Å². The molecule has 238 valence electrons. The van der Waals surface area contributed by atoms with Crippen molar-refractivity contribution in [1.82, 2.24) is 24.8 Å². The van der Waals surface area contributed by atoms with Crippen LogP contribution in [0.25, 0.3) is 66.5 Å². The third-order valence-corrected chi connectivity index (χ3v) is 9.43. The molecular weight excluding hydrogens is 627 g/mol. The number of hydrogen-bond donors (Lipinski definition) is 1. The highest BCUT2D eigenvalue weighted by atomic mass is 15.0. The predicted octanol–water partition coefficient (Wildman–Crippen LogP) is 9.44. The average molecular weight is 654 g/mol. The lowest BCUT2D eigenvalue weighted by molar-refractivity contribution is 0.770. The second kappa shape index (κ2) is 12.3. The number of rotatable bonds is 5. The van der Waals surface area contributed by atoms with E-state index < -0.39 is 0 Å². The average Bonchev–Trinajstić information content (AvgIpc) is 3.54. The quantitative estimate of drug-likeness (QED) is 0.199. The normalized spacial score (nSPS) is 13.8. The standard InChI is InChI=1S/C44H27N7/c45-26-31-22-29(18-20-47-31)39-13-6-12-38(49-39)28-16-17-36-42(24-28)51(33-8-2-1-3-9-33)43-25-37(34-10-4-5-11-35(34)44(36)43)41-15-7-14-40(50-41)30-19-21-48-32(23-30)27-46/h1-25,41,50H. The maximum absolute atomic E-state index is 9.46. The Morgan fingerprint density at radius 3 is 2.06 bits per heavy atom. The van der Waals surface area contributed by atoms with E-state index in [0.717, 1.165) is 61.4 Å². The molecule has 4 aromatic carbocycles. The second-order valence-corrected chi connectivity index (χ2v) is 12.4. The van der Waals surface area contributed by atoms with Crippen LogP contribution in [0.1, 0.15) is 28.6 Å². The van der Waals surface area contributed by atoms with Crippen LogP contribution >= 0.6 is 0 Å². The maximum Gasteiger partial charge on any atom is 0.141 e. The fraction of sp³-hybridized carbons (Fsp3) is 0.0227. The summed E-state index contributed by atoms with van der Waals surface area (Å²) in [6.45, 7) is 0. The number of nitrogens with one attached hydrogen (secondary N) is 1. The van der Waals surface area contributed by atoms with Gasteiger partial charge >= 0.3 is 0 Å². The van der Waals surface area contributed by atoms with E-state index in [1.807, 2.05) is 48.5 Å². The van der Waals surface area contributed by atoms with E-state index in [4.69, 9.17) is 4.98 Å². The lowest BCUT2D eigenvalue weighted by atomic mass is 9.93. The van der Waals surface area contributed by atoms with Crippen LogP contribution in [0.4, 0.5) is 0 Å². The number of nitriles is 2. The van der Waals surface area contributed by atoms with Gasteiger partial charge in [-0.3, -0.25) is 0 Å². The molecular formula is C44H27N7. The number of allylic oxidation sites excluding steroid dienone is 2. The lowest BCUT2D eigenvalue weighted by Crippen LogP contribution is -2.21. The van der Waals surface area contributed by atoms with Crippen molar-refractivity contribution in [1.29, 1.82) is 10.5 Å². The molecule has 1 atom stereocenters. The van der Waals surface area contributed by atoms with Crippen LogP contribution in [-0.2, 0) is 0 Å². The molecule has 0 fully saturated rings. The minimum atomic E-state index is -0.113. The van der Waals surface area contributed by atoms with Crippen molar-refractivity contribution in [2.24, 2.45) is 0 Å². The Kier molecular flexibility index (Phi) is 7.16. The van der Waals surface area contributed by atoms with E-state index in [9.17, 15) is 10.5 Å². The molecule has 0 amide bonds. The third-order valence-electron chi connectivity index (χ3n) is 9.43. The summed E-state index contributed by atoms with van der Waals surface area (Å²) in [5.74, 6) is 0. The van der Waals surface area contributed by atoms with Crippen LogP contribution < -0.4 is 5.32 Å². The molecule has 7 heteroatoms. The van der Waals surface area contributed by atoms with E-state index in [-0.39, 0.29) is 6.04 Å². The van der Waals surface area contributed by atoms with Crippen molar-refractivity contribution in [2.75, 3.05) is 0 Å². The summed E-state index contributed by atoms with van der Waals surface area (Å²) in [6.07, 6.45) is 9.61. The number of benzene rings is 4. The highest BCUT2D eigenvalue weighted by molar-refractivity contribution is 6.22. The SMILES string of the molecule is N#Cc1cc(C2=CC=CC(c3cc4c(c5ccccc35)c3ccc(-c5cccc(-c6ccnc(C#N)c6)n5)cc3n4-c3ccccc3)N2)ccn1. The summed E-state index contributed by atoms with van der Waals surface area (Å²) < 4.78 is 2.35. The van der Waals surface area contributed by atoms with Gasteiger partial charge in [0.25, 0.3) is 0 Å². The molecule has 0 saturated heterocycles. The Hall–Kier alpha value is -7.35. The highest BCUT2D eigenvalue weighted by Crippen LogP contribution is 2.42. The molecule has 1 aliphatic rings. The Bertz CT molecular complexity index is 2810. The number of hydrogen-bond acceptors (Lipinski definition) is 6. The number of fused-ring (bicyclic) bond motifs is 5. The zero-order valence-corrected chi connectivity index (χ0v) is 27.2. The van der Waals surface area contributed by atoms with Crippen molar-refractivity contribution < 1.29 is 0 Å². The topological polar surface area (TPSA) is 103 Å². The van der Waals surface area contributed by atoms with E-state index in [1.165, 1.54) is 16.2 Å². The monoisotopic (exact) mass is 653 g/mol. The van der Waals surface area contributed by atoms with Gasteiger partial charge in [0.15, 0.2) is 0 Å². The van der Waals surface area contributed by atoms with E-state index >= 15 is 0 Å². The molecule has 1 aliphatic heterocycles. The summed E-state index contributed by atoms with van der Waals surface area (Å²) >= 11 is 0. The zero-order valence-electron chi connectivity index (χ0n) is 27.2. The van der Waals surface area contributed by atoms with Crippen LogP contribution in [-0.4, -0.2) is 19.5 Å². The van der Waals surface area contributed by atoms with Crippen LogP contribution in [0.15, 0.2) is 152 Å². The van der Waals surface area contributed by atoms with E-state index in [0.29, 0.717) is 11.4 Å². The molecule has 4 aromatic heterocycles. The Morgan fingerprint density at radius 2 is 1.29 bits per heavy atom. The van der Waals surface area contributed by atoms with Gasteiger partial charge in [0.1, 0.15) is 23.5 Å². The Morgan fingerprint density at radius 1 is 0.608 bits per heavy atom. The predicted molar refractivity (Wildman–Crippen MR) is 201 cm³/mol. The number of para-hydroxylation sites is 1. The van der Waals surface area contributed by atoms with Gasteiger partial charge in [0, 0.05) is 51.2 Å². The zero-order chi connectivity index (χ0) is 34.3. The molecule has 0 aliphatic carbocycles. The Labute approximate surface area is 293 Å². The third kappa shape index (κ3) is 5.18. The van der Waals surface area contributed by atoms with Gasteiger partial charge < -0.3 is 9.88 Å². The smallest absolute Gasteiger partial charge is 0.141 e. The Balaban J connectivity index is 1.24. The maximum atomic E-state index is 9.46. The van der Waals surface area contributed by atoms with Gasteiger partial charge in [0.05, 0.1) is 28.5 Å². The first-order valence-electron chi connectivity index (χ1n) is 16.6. The molecule has 0 spiro atoms. The molecule has 8 aromatic rings. The molecule has 0 radical (unpaired) electrons. The van der Waals surface area contributed by atoms with Crippen LogP contribution in [0.2, 0.25) is 0 Å². The number of aromatic nitrogens is 4. The molecule has 0 saturated carbocycles. The number of pyridine rings is 3. The molecule has 1 N–H and O–H groups in total. The summed E-state index contributed by atoms with van der Waals surface area (Å²) in [6, 6.07) is 45.5. The first-order chi connectivity index (χ1) is 25.2. The second-order valence-electron chi connectivity index (χ2n) is 12.4. The summed E-state index contributed by atoms with van der Waals surface area (Å²) in [5.41, 5.74) is 10.4. The fourth-order valence-electron chi connectivity index (χ4n) is 7.13. The molecule has 1 unspecified atom stereocenters. The van der Waals surface area contributed by atoms with Crippen molar-refractivity contribution >= 4 is 38.3 Å². The van der Waals surface area contributed by atoms with Crippen LogP contribution in [0.3, 0.4) is 0 Å². The van der Waals surface area contributed by atoms with Crippen LogP contribution in [0.5, 0.6) is 0 Å². The molecule has 0 bridgehead atoms. The highest BCUT2D eigenvalue weighted by Gasteiger charge is 2.22. The van der Waals surface area contributed by atoms with Gasteiger partial charge in [-0.25, -0.2) is 15.0 Å². The van der Waals surface area contributed by atoms with Gasteiger partial charge in [0.2, 0.25) is 0 Å². The summed E-state index contributed by atoms with van der Waals surface area (Å²) in [4.78, 5) is 13.3. The minimum absolute atomic E-state index is 0.113. The molecule has 9 rings (SSSR count). The van der Waals surface area contributed by atoms with Crippen LogP contribution in [0, 0.1) is 22.7 Å².